The quantitative estimate of drug-likeness (QED) is 0.412. The summed E-state index contributed by atoms with van der Waals surface area (Å²) in [5, 5.41) is 0. The largest absolute Gasteiger partial charge is 0.462 e. The summed E-state index contributed by atoms with van der Waals surface area (Å²) in [4.78, 5) is 24.6. The van der Waals surface area contributed by atoms with Gasteiger partial charge in [0.1, 0.15) is 11.9 Å². The van der Waals surface area contributed by atoms with Crippen molar-refractivity contribution in [3.8, 4) is 0 Å². The molecule has 0 unspecified atom stereocenters. The van der Waals surface area contributed by atoms with Crippen LogP contribution in [0, 0.1) is 39.9 Å². The number of hydrogen-bond donors (Lipinski definition) is 0. The van der Waals surface area contributed by atoms with Crippen LogP contribution >= 0.6 is 0 Å². The standard InChI is InChI=1S/C27H38O3/c1-17(28)27-12-6-5-7-20(27)16-24-22-9-8-19-15-21(30-18(2)29)10-13-25(19,3)23(22)11-14-26(24,27)4/h5-6,8,20-24H,7,9-16H2,1-4H3/t20-,21+,22-,23+,24+,25+,26+,27-/m1/s1. The average molecular weight is 411 g/mol. The third kappa shape index (κ3) is 2.56. The van der Waals surface area contributed by atoms with E-state index in [1.54, 1.807) is 5.57 Å². The number of fused-ring (bicyclic) bond motifs is 7. The van der Waals surface area contributed by atoms with E-state index < -0.39 is 0 Å². The van der Waals surface area contributed by atoms with Crippen LogP contribution in [0.25, 0.3) is 0 Å². The molecule has 0 saturated heterocycles. The van der Waals surface area contributed by atoms with Gasteiger partial charge in [-0.25, -0.2) is 0 Å². The van der Waals surface area contributed by atoms with Gasteiger partial charge in [-0.05, 0) is 92.8 Å². The predicted molar refractivity (Wildman–Crippen MR) is 118 cm³/mol. The summed E-state index contributed by atoms with van der Waals surface area (Å²) in [5.74, 6) is 2.90. The molecular weight excluding hydrogens is 372 g/mol. The van der Waals surface area contributed by atoms with Crippen LogP contribution < -0.4 is 0 Å². The third-order valence-electron chi connectivity index (χ3n) is 10.7. The lowest BCUT2D eigenvalue weighted by molar-refractivity contribution is -0.150. The van der Waals surface area contributed by atoms with Gasteiger partial charge in [-0.2, -0.15) is 0 Å². The summed E-state index contributed by atoms with van der Waals surface area (Å²) in [6, 6.07) is 0. The number of carbonyl (C=O) groups excluding carboxylic acids is 2. The normalized spacial score (nSPS) is 49.2. The predicted octanol–water partition coefficient (Wildman–Crippen LogP) is 6.03. The Kier molecular flexibility index (Phi) is 4.66. The van der Waals surface area contributed by atoms with Crippen molar-refractivity contribution in [3.05, 3.63) is 23.8 Å². The molecule has 3 saturated carbocycles. The van der Waals surface area contributed by atoms with Crippen molar-refractivity contribution in [2.75, 3.05) is 0 Å². The Balaban J connectivity index is 1.47. The summed E-state index contributed by atoms with van der Waals surface area (Å²) >= 11 is 0. The summed E-state index contributed by atoms with van der Waals surface area (Å²) in [6.45, 7) is 8.38. The lowest BCUT2D eigenvalue weighted by atomic mass is 9.44. The zero-order valence-corrected chi connectivity index (χ0v) is 19.2. The number of esters is 1. The molecule has 30 heavy (non-hydrogen) atoms. The molecule has 0 aromatic carbocycles. The average Bonchev–Trinajstić information content (AvgIpc) is 2.98. The van der Waals surface area contributed by atoms with Crippen molar-refractivity contribution in [2.24, 2.45) is 39.9 Å². The first kappa shape index (κ1) is 20.5. The highest BCUT2D eigenvalue weighted by Crippen LogP contribution is 2.73. The minimum absolute atomic E-state index is 0.0636. The molecule has 0 radical (unpaired) electrons. The molecule has 5 aliphatic rings. The molecule has 3 heteroatoms. The first-order valence-electron chi connectivity index (χ1n) is 12.2. The van der Waals surface area contributed by atoms with Gasteiger partial charge in [0.2, 0.25) is 0 Å². The molecule has 5 aliphatic carbocycles. The second-order valence-corrected chi connectivity index (χ2v) is 11.6. The van der Waals surface area contributed by atoms with E-state index in [4.69, 9.17) is 4.74 Å². The fourth-order valence-corrected chi connectivity index (χ4v) is 9.31. The molecule has 164 valence electrons. The number of carbonyl (C=O) groups is 2. The SMILES string of the molecule is CC(=O)O[C@H]1CC[C@@]2(C)C(=CC[C@@H]3[C@@H]2CC[C@@]2(C)[C@H]3C[C@H]3CC=CC[C@@]32C(C)=O)C1. The Bertz CT molecular complexity index is 824. The van der Waals surface area contributed by atoms with Crippen molar-refractivity contribution >= 4 is 11.8 Å². The van der Waals surface area contributed by atoms with E-state index >= 15 is 0 Å². The fourth-order valence-electron chi connectivity index (χ4n) is 9.31. The van der Waals surface area contributed by atoms with Crippen molar-refractivity contribution in [3.63, 3.8) is 0 Å². The van der Waals surface area contributed by atoms with E-state index in [0.717, 1.165) is 38.5 Å². The van der Waals surface area contributed by atoms with Crippen LogP contribution in [0.3, 0.4) is 0 Å². The topological polar surface area (TPSA) is 43.4 Å². The van der Waals surface area contributed by atoms with E-state index in [1.165, 1.54) is 26.2 Å². The van der Waals surface area contributed by atoms with Crippen LogP contribution in [0.5, 0.6) is 0 Å². The Labute approximate surface area is 181 Å². The number of Topliss-reactive ketones (excluding diaryl/α,β-unsaturated/α-hetero) is 1. The number of rotatable bonds is 2. The van der Waals surface area contributed by atoms with Gasteiger partial charge in [-0.3, -0.25) is 9.59 Å². The lowest BCUT2D eigenvalue weighted by Gasteiger charge is -2.60. The summed E-state index contributed by atoms with van der Waals surface area (Å²) in [5.41, 5.74) is 1.81. The van der Waals surface area contributed by atoms with Crippen LogP contribution in [0.4, 0.5) is 0 Å². The maximum Gasteiger partial charge on any atom is 0.302 e. The van der Waals surface area contributed by atoms with Crippen LogP contribution in [0.15, 0.2) is 23.8 Å². The second kappa shape index (κ2) is 6.81. The maximum atomic E-state index is 13.2. The first-order valence-corrected chi connectivity index (χ1v) is 12.2. The fraction of sp³-hybridized carbons (Fsp3) is 0.778. The lowest BCUT2D eigenvalue weighted by Crippen LogP contribution is -2.55. The van der Waals surface area contributed by atoms with E-state index in [1.807, 2.05) is 6.92 Å². The third-order valence-corrected chi connectivity index (χ3v) is 10.7. The molecule has 0 aromatic rings. The van der Waals surface area contributed by atoms with E-state index in [0.29, 0.717) is 29.5 Å². The van der Waals surface area contributed by atoms with Crippen LogP contribution in [-0.4, -0.2) is 17.9 Å². The molecule has 0 spiro atoms. The van der Waals surface area contributed by atoms with Crippen LogP contribution in [0.2, 0.25) is 0 Å². The zero-order valence-electron chi connectivity index (χ0n) is 19.2. The van der Waals surface area contributed by atoms with Crippen LogP contribution in [0.1, 0.15) is 85.5 Å². The molecule has 0 bridgehead atoms. The molecular formula is C27H38O3. The molecule has 0 aliphatic heterocycles. The van der Waals surface area contributed by atoms with Crippen molar-refractivity contribution < 1.29 is 14.3 Å². The van der Waals surface area contributed by atoms with E-state index in [9.17, 15) is 9.59 Å². The Morgan fingerprint density at radius 2 is 1.83 bits per heavy atom. The number of ether oxygens (including phenoxy) is 1. The first-order chi connectivity index (χ1) is 14.2. The molecule has 3 fully saturated rings. The summed E-state index contributed by atoms with van der Waals surface area (Å²) in [7, 11) is 0. The number of allylic oxidation sites excluding steroid dienone is 3. The van der Waals surface area contributed by atoms with E-state index in [-0.39, 0.29) is 28.3 Å². The summed E-state index contributed by atoms with van der Waals surface area (Å²) in [6.07, 6.45) is 17.1. The van der Waals surface area contributed by atoms with Crippen molar-refractivity contribution in [1.82, 2.24) is 0 Å². The smallest absolute Gasteiger partial charge is 0.302 e. The molecule has 8 atom stereocenters. The van der Waals surface area contributed by atoms with Gasteiger partial charge in [0, 0.05) is 18.8 Å². The van der Waals surface area contributed by atoms with Gasteiger partial charge in [0.25, 0.3) is 0 Å². The van der Waals surface area contributed by atoms with Crippen LogP contribution in [-0.2, 0) is 14.3 Å². The minimum Gasteiger partial charge on any atom is -0.462 e. The maximum absolute atomic E-state index is 13.2. The number of ketones is 1. The van der Waals surface area contributed by atoms with Gasteiger partial charge in [-0.1, -0.05) is 37.6 Å². The minimum atomic E-state index is -0.150. The van der Waals surface area contributed by atoms with Gasteiger partial charge < -0.3 is 4.74 Å². The Morgan fingerprint density at radius 3 is 2.57 bits per heavy atom. The van der Waals surface area contributed by atoms with Crippen molar-refractivity contribution in [1.29, 1.82) is 0 Å². The molecule has 0 N–H and O–H groups in total. The highest BCUT2D eigenvalue weighted by molar-refractivity contribution is 5.85. The Hall–Kier alpha value is -1.38. The zero-order chi connectivity index (χ0) is 21.3. The second-order valence-electron chi connectivity index (χ2n) is 11.6. The van der Waals surface area contributed by atoms with Gasteiger partial charge in [0.05, 0.1) is 0 Å². The summed E-state index contributed by atoms with van der Waals surface area (Å²) < 4.78 is 5.59. The van der Waals surface area contributed by atoms with Crippen molar-refractivity contribution in [2.45, 2.75) is 91.6 Å². The monoisotopic (exact) mass is 410 g/mol. The van der Waals surface area contributed by atoms with Gasteiger partial charge >= 0.3 is 5.97 Å². The molecule has 5 rings (SSSR count). The number of hydrogen-bond acceptors (Lipinski definition) is 3. The van der Waals surface area contributed by atoms with Gasteiger partial charge in [0.15, 0.2) is 0 Å². The van der Waals surface area contributed by atoms with E-state index in [2.05, 4.69) is 32.1 Å². The highest BCUT2D eigenvalue weighted by Gasteiger charge is 2.68. The molecule has 3 nitrogen and oxygen atoms in total. The molecule has 0 heterocycles. The molecule has 0 aromatic heterocycles. The highest BCUT2D eigenvalue weighted by atomic mass is 16.5. The molecule has 0 amide bonds. The van der Waals surface area contributed by atoms with Gasteiger partial charge in [-0.15, -0.1) is 0 Å². The Morgan fingerprint density at radius 1 is 1.03 bits per heavy atom.